The van der Waals surface area contributed by atoms with Gasteiger partial charge in [-0.05, 0) is 36.4 Å². The minimum atomic E-state index is -0.454. The molecule has 28 heavy (non-hydrogen) atoms. The zero-order valence-corrected chi connectivity index (χ0v) is 14.6. The maximum Gasteiger partial charge on any atom is 0.263 e. The van der Waals surface area contributed by atoms with E-state index < -0.39 is 5.82 Å². The van der Waals surface area contributed by atoms with Crippen molar-refractivity contribution in [1.82, 2.24) is 14.5 Å². The van der Waals surface area contributed by atoms with Crippen LogP contribution in [0.4, 0.5) is 4.39 Å². The number of benzene rings is 2. The van der Waals surface area contributed by atoms with E-state index >= 15 is 0 Å². The molecule has 0 saturated carbocycles. The first-order valence-corrected chi connectivity index (χ1v) is 8.47. The highest BCUT2D eigenvalue weighted by Gasteiger charge is 2.15. The topological polar surface area (TPSA) is 71.6 Å². The molecule has 134 valence electrons. The Morgan fingerprint density at radius 1 is 0.929 bits per heavy atom. The molecule has 2 heterocycles. The standard InChI is InChI=1S/C22H13FN4O/c23-17-6-3-7-18(12-17)27-14-16(21-25-9-4-10-26-21)11-20(22(27)28)19-8-2-1-5-15(19)13-24/h1-12,14H/i13-1. The molecule has 0 saturated heterocycles. The van der Waals surface area contributed by atoms with Crippen LogP contribution in [0, 0.1) is 17.1 Å². The summed E-state index contributed by atoms with van der Waals surface area (Å²) in [5, 5.41) is 9.45. The van der Waals surface area contributed by atoms with Crippen molar-refractivity contribution in [2.24, 2.45) is 0 Å². The van der Waals surface area contributed by atoms with E-state index in [2.05, 4.69) is 16.0 Å². The lowest BCUT2D eigenvalue weighted by Gasteiger charge is -2.12. The molecule has 0 aliphatic rings. The van der Waals surface area contributed by atoms with Crippen LogP contribution in [0.3, 0.4) is 0 Å². The third kappa shape index (κ3) is 3.17. The Morgan fingerprint density at radius 2 is 1.71 bits per heavy atom. The monoisotopic (exact) mass is 367 g/mol. The maximum absolute atomic E-state index is 13.8. The van der Waals surface area contributed by atoms with Gasteiger partial charge in [-0.15, -0.1) is 0 Å². The van der Waals surface area contributed by atoms with Crippen LogP contribution >= 0.6 is 0 Å². The molecule has 0 bridgehead atoms. The van der Waals surface area contributed by atoms with E-state index in [1.807, 2.05) is 0 Å². The van der Waals surface area contributed by atoms with E-state index in [1.54, 1.807) is 61.1 Å². The molecule has 0 unspecified atom stereocenters. The molecule has 0 amide bonds. The molecule has 2 aromatic heterocycles. The molecule has 0 fully saturated rings. The Balaban J connectivity index is 2.05. The zero-order chi connectivity index (χ0) is 19.5. The summed E-state index contributed by atoms with van der Waals surface area (Å²) in [4.78, 5) is 21.7. The third-order valence-corrected chi connectivity index (χ3v) is 4.27. The molecule has 0 aliphatic heterocycles. The van der Waals surface area contributed by atoms with Crippen molar-refractivity contribution in [3.05, 3.63) is 101 Å². The number of aromatic nitrogens is 3. The number of rotatable bonds is 3. The van der Waals surface area contributed by atoms with E-state index in [0.717, 1.165) is 0 Å². The van der Waals surface area contributed by atoms with Crippen molar-refractivity contribution in [2.75, 3.05) is 0 Å². The Labute approximate surface area is 160 Å². The molecule has 4 aromatic rings. The molecule has 0 atom stereocenters. The average molecular weight is 367 g/mol. The summed E-state index contributed by atoms with van der Waals surface area (Å²) in [5.41, 5.74) is 1.76. The van der Waals surface area contributed by atoms with Gasteiger partial charge in [0.05, 0.1) is 17.3 Å². The van der Waals surface area contributed by atoms with Crippen LogP contribution in [-0.2, 0) is 0 Å². The number of hydrogen-bond donors (Lipinski definition) is 0. The summed E-state index contributed by atoms with van der Waals surface area (Å²) < 4.78 is 15.1. The second kappa shape index (κ2) is 7.25. The summed E-state index contributed by atoms with van der Waals surface area (Å²) in [5.74, 6) is -0.0342. The number of halogens is 1. The first kappa shape index (κ1) is 17.3. The van der Waals surface area contributed by atoms with Gasteiger partial charge in [0.25, 0.3) is 5.56 Å². The lowest BCUT2D eigenvalue weighted by Crippen LogP contribution is -2.20. The van der Waals surface area contributed by atoms with Gasteiger partial charge in [-0.25, -0.2) is 14.4 Å². The highest BCUT2D eigenvalue weighted by molar-refractivity contribution is 5.74. The van der Waals surface area contributed by atoms with E-state index in [0.29, 0.717) is 33.8 Å². The molecule has 2 aromatic carbocycles. The summed E-state index contributed by atoms with van der Waals surface area (Å²) >= 11 is 0. The smallest absolute Gasteiger partial charge is 0.263 e. The Morgan fingerprint density at radius 3 is 2.46 bits per heavy atom. The van der Waals surface area contributed by atoms with Crippen LogP contribution in [0.25, 0.3) is 28.2 Å². The molecule has 0 radical (unpaired) electrons. The van der Waals surface area contributed by atoms with Crippen LogP contribution in [0.2, 0.25) is 0 Å². The van der Waals surface area contributed by atoms with Crippen molar-refractivity contribution in [1.29, 1.82) is 5.26 Å². The first-order valence-electron chi connectivity index (χ1n) is 8.47. The quantitative estimate of drug-likeness (QED) is 0.549. The zero-order valence-electron chi connectivity index (χ0n) is 14.6. The van der Waals surface area contributed by atoms with E-state index in [-0.39, 0.29) is 5.56 Å². The van der Waals surface area contributed by atoms with Gasteiger partial charge >= 0.3 is 0 Å². The largest absolute Gasteiger partial charge is 0.283 e. The molecule has 5 nitrogen and oxygen atoms in total. The van der Waals surface area contributed by atoms with Crippen molar-refractivity contribution in [3.8, 4) is 34.3 Å². The fourth-order valence-electron chi connectivity index (χ4n) is 2.98. The van der Waals surface area contributed by atoms with Crippen molar-refractivity contribution in [2.45, 2.75) is 0 Å². The Hall–Kier alpha value is -4.11. The van der Waals surface area contributed by atoms with Gasteiger partial charge in [0.2, 0.25) is 0 Å². The molecular weight excluding hydrogens is 354 g/mol. The van der Waals surface area contributed by atoms with Gasteiger partial charge in [-0.3, -0.25) is 9.36 Å². The van der Waals surface area contributed by atoms with Gasteiger partial charge in [-0.1, -0.05) is 24.3 Å². The van der Waals surface area contributed by atoms with Crippen molar-refractivity contribution < 1.29 is 4.39 Å². The van der Waals surface area contributed by atoms with Crippen molar-refractivity contribution >= 4 is 0 Å². The first-order chi connectivity index (χ1) is 13.7. The summed E-state index contributed by atoms with van der Waals surface area (Å²) in [7, 11) is 0. The lowest BCUT2D eigenvalue weighted by atomic mass is 9.90. The van der Waals surface area contributed by atoms with Gasteiger partial charge in [0, 0.05) is 35.3 Å². The summed E-state index contributed by atoms with van der Waals surface area (Å²) in [6.07, 6.45) is 4.77. The van der Waals surface area contributed by atoms with Crippen LogP contribution in [0.5, 0.6) is 0 Å². The van der Waals surface area contributed by atoms with Gasteiger partial charge in [0.15, 0.2) is 5.82 Å². The fourth-order valence-corrected chi connectivity index (χ4v) is 2.98. The predicted molar refractivity (Wildman–Crippen MR) is 103 cm³/mol. The maximum atomic E-state index is 13.8. The van der Waals surface area contributed by atoms with Gasteiger partial charge in [0.1, 0.15) is 5.82 Å². The SMILES string of the molecule is N#[11C]c1ccccc1-c1cc(-c2ncccn2)cn(-c2cccc(F)c2)c1=O. The normalized spacial score (nSPS) is 10.4. The number of pyridine rings is 1. The Kier molecular flexibility index (Phi) is 4.48. The minimum Gasteiger partial charge on any atom is -0.283 e. The summed E-state index contributed by atoms with van der Waals surface area (Å²) in [6, 6.07) is 18.1. The average Bonchev–Trinajstić information content (AvgIpc) is 2.74. The molecule has 0 N–H and O–H groups in total. The highest BCUT2D eigenvalue weighted by atomic mass is 19.1. The Bertz CT molecular complexity index is 1260. The van der Waals surface area contributed by atoms with Crippen LogP contribution in [-0.4, -0.2) is 14.5 Å². The second-order valence-corrected chi connectivity index (χ2v) is 6.03. The number of nitrogens with zero attached hydrogens (tertiary/aromatic N) is 4. The number of hydrogen-bond acceptors (Lipinski definition) is 4. The molecule has 0 aliphatic carbocycles. The molecule has 4 rings (SSSR count). The fraction of sp³-hybridized carbons (Fsp3) is 0. The van der Waals surface area contributed by atoms with Gasteiger partial charge in [-0.2, -0.15) is 5.26 Å². The van der Waals surface area contributed by atoms with Crippen LogP contribution in [0.15, 0.2) is 84.0 Å². The summed E-state index contributed by atoms with van der Waals surface area (Å²) in [6.45, 7) is 0. The highest BCUT2D eigenvalue weighted by Crippen LogP contribution is 2.25. The van der Waals surface area contributed by atoms with Crippen molar-refractivity contribution in [3.63, 3.8) is 0 Å². The molecule has 0 spiro atoms. The molecule has 6 heteroatoms. The van der Waals surface area contributed by atoms with Crippen LogP contribution in [0.1, 0.15) is 5.56 Å². The minimum absolute atomic E-state index is 0.311. The van der Waals surface area contributed by atoms with E-state index in [1.165, 1.54) is 22.8 Å². The van der Waals surface area contributed by atoms with E-state index in [4.69, 9.17) is 0 Å². The number of nitriles is 1. The van der Waals surface area contributed by atoms with Crippen LogP contribution < -0.4 is 5.56 Å². The van der Waals surface area contributed by atoms with E-state index in [9.17, 15) is 14.4 Å². The second-order valence-electron chi connectivity index (χ2n) is 6.03. The molecular formula is C22H13FN4O. The van der Waals surface area contributed by atoms with Gasteiger partial charge < -0.3 is 0 Å². The lowest BCUT2D eigenvalue weighted by molar-refractivity contribution is 0.626. The third-order valence-electron chi connectivity index (χ3n) is 4.27. The predicted octanol–water partition coefficient (Wildman–Crippen LogP) is 3.97.